The second-order valence-electron chi connectivity index (χ2n) is 6.00. The molecule has 1 aromatic heterocycles. The lowest BCUT2D eigenvalue weighted by molar-refractivity contribution is -0.122. The number of aliphatic hydroxyl groups is 1. The molecule has 0 aromatic carbocycles. The van der Waals surface area contributed by atoms with Crippen LogP contribution >= 0.6 is 0 Å². The number of nitrogens with one attached hydrogen (secondary N) is 1. The highest BCUT2D eigenvalue weighted by Gasteiger charge is 2.22. The summed E-state index contributed by atoms with van der Waals surface area (Å²) in [7, 11) is 0. The molecule has 1 saturated heterocycles. The van der Waals surface area contributed by atoms with Gasteiger partial charge in [0, 0.05) is 19.0 Å². The normalized spacial score (nSPS) is 18.6. The maximum absolute atomic E-state index is 11.9. The zero-order valence-electron chi connectivity index (χ0n) is 12.8. The van der Waals surface area contributed by atoms with Gasteiger partial charge in [0.05, 0.1) is 12.6 Å². The number of nitrogens with zero attached hydrogens (tertiary/aromatic N) is 2. The third kappa shape index (κ3) is 5.47. The second kappa shape index (κ2) is 7.56. The molecule has 0 radical (unpaired) electrons. The molecular formula is C15H25N3O3. The van der Waals surface area contributed by atoms with Crippen molar-refractivity contribution in [1.29, 1.82) is 0 Å². The fourth-order valence-corrected chi connectivity index (χ4v) is 2.77. The van der Waals surface area contributed by atoms with E-state index in [0.717, 1.165) is 43.9 Å². The number of hydrogen-bond donors (Lipinski definition) is 2. The van der Waals surface area contributed by atoms with Crippen molar-refractivity contribution in [2.24, 2.45) is 5.92 Å². The van der Waals surface area contributed by atoms with E-state index in [4.69, 9.17) is 4.52 Å². The summed E-state index contributed by atoms with van der Waals surface area (Å²) in [5.41, 5.74) is 0.757. The molecule has 2 rings (SSSR count). The Morgan fingerprint density at radius 2 is 2.29 bits per heavy atom. The van der Waals surface area contributed by atoms with Gasteiger partial charge < -0.3 is 19.8 Å². The van der Waals surface area contributed by atoms with Crippen LogP contribution in [-0.2, 0) is 11.3 Å². The topological polar surface area (TPSA) is 78.6 Å². The van der Waals surface area contributed by atoms with Gasteiger partial charge in [-0.25, -0.2) is 0 Å². The lowest BCUT2D eigenvalue weighted by Crippen LogP contribution is -2.39. The van der Waals surface area contributed by atoms with Gasteiger partial charge in [0.25, 0.3) is 0 Å². The van der Waals surface area contributed by atoms with Gasteiger partial charge in [-0.1, -0.05) is 5.16 Å². The van der Waals surface area contributed by atoms with Crippen LogP contribution < -0.4 is 5.32 Å². The summed E-state index contributed by atoms with van der Waals surface area (Å²) in [5.74, 6) is 1.27. The van der Waals surface area contributed by atoms with Gasteiger partial charge in [-0.3, -0.25) is 4.79 Å². The SMILES string of the molecule is Cc1cc(CNC(=O)CC2CCN(CC(C)O)CC2)no1. The first-order chi connectivity index (χ1) is 10.0. The van der Waals surface area contributed by atoms with Crippen molar-refractivity contribution in [3.63, 3.8) is 0 Å². The highest BCUT2D eigenvalue weighted by molar-refractivity contribution is 5.76. The first kappa shape index (κ1) is 16.0. The van der Waals surface area contributed by atoms with Crippen molar-refractivity contribution >= 4 is 5.91 Å². The van der Waals surface area contributed by atoms with Gasteiger partial charge in [-0.15, -0.1) is 0 Å². The van der Waals surface area contributed by atoms with E-state index in [2.05, 4.69) is 15.4 Å². The van der Waals surface area contributed by atoms with Gasteiger partial charge in [0.15, 0.2) is 0 Å². The number of aromatic nitrogens is 1. The van der Waals surface area contributed by atoms with E-state index in [1.807, 2.05) is 19.9 Å². The van der Waals surface area contributed by atoms with Crippen LogP contribution in [0.4, 0.5) is 0 Å². The van der Waals surface area contributed by atoms with Crippen LogP contribution in [0.1, 0.15) is 37.6 Å². The lowest BCUT2D eigenvalue weighted by Gasteiger charge is -2.32. The molecule has 1 aliphatic heterocycles. The summed E-state index contributed by atoms with van der Waals surface area (Å²) in [4.78, 5) is 14.2. The molecule has 21 heavy (non-hydrogen) atoms. The fraction of sp³-hybridized carbons (Fsp3) is 0.733. The Kier molecular flexibility index (Phi) is 5.76. The van der Waals surface area contributed by atoms with Gasteiger partial charge in [-0.05, 0) is 45.7 Å². The first-order valence-corrected chi connectivity index (χ1v) is 7.62. The van der Waals surface area contributed by atoms with E-state index in [1.54, 1.807) is 0 Å². The molecule has 1 aliphatic rings. The number of β-amino-alcohol motifs (C(OH)–C–C–N with tert-alkyl or cyclic N) is 1. The van der Waals surface area contributed by atoms with E-state index in [0.29, 0.717) is 18.9 Å². The van der Waals surface area contributed by atoms with Crippen molar-refractivity contribution in [1.82, 2.24) is 15.4 Å². The molecule has 0 aliphatic carbocycles. The minimum Gasteiger partial charge on any atom is -0.392 e. The molecule has 1 atom stereocenters. The number of carbonyl (C=O) groups excluding carboxylic acids is 1. The molecule has 0 saturated carbocycles. The van der Waals surface area contributed by atoms with Gasteiger partial charge in [0.1, 0.15) is 11.5 Å². The summed E-state index contributed by atoms with van der Waals surface area (Å²) in [5, 5.41) is 16.1. The van der Waals surface area contributed by atoms with Gasteiger partial charge >= 0.3 is 0 Å². The number of likely N-dealkylation sites (tertiary alicyclic amines) is 1. The molecule has 1 unspecified atom stereocenters. The van der Waals surface area contributed by atoms with E-state index in [-0.39, 0.29) is 12.0 Å². The highest BCUT2D eigenvalue weighted by atomic mass is 16.5. The monoisotopic (exact) mass is 295 g/mol. The van der Waals surface area contributed by atoms with E-state index in [9.17, 15) is 9.90 Å². The third-order valence-electron chi connectivity index (χ3n) is 3.85. The lowest BCUT2D eigenvalue weighted by atomic mass is 9.93. The first-order valence-electron chi connectivity index (χ1n) is 7.62. The Morgan fingerprint density at radius 3 is 2.86 bits per heavy atom. The smallest absolute Gasteiger partial charge is 0.220 e. The van der Waals surface area contributed by atoms with Crippen LogP contribution in [0, 0.1) is 12.8 Å². The van der Waals surface area contributed by atoms with Crippen LogP contribution in [0.25, 0.3) is 0 Å². The van der Waals surface area contributed by atoms with Crippen LogP contribution in [0.15, 0.2) is 10.6 Å². The zero-order valence-corrected chi connectivity index (χ0v) is 12.8. The number of rotatable bonds is 6. The minimum absolute atomic E-state index is 0.0737. The van der Waals surface area contributed by atoms with Crippen molar-refractivity contribution < 1.29 is 14.4 Å². The maximum atomic E-state index is 11.9. The molecule has 1 aromatic rings. The molecule has 0 spiro atoms. The Labute approximate surface area is 125 Å². The number of aliphatic hydroxyl groups excluding tert-OH is 1. The summed E-state index contributed by atoms with van der Waals surface area (Å²) in [6, 6.07) is 1.83. The molecule has 1 amide bonds. The van der Waals surface area contributed by atoms with Gasteiger partial charge in [-0.2, -0.15) is 0 Å². The minimum atomic E-state index is -0.282. The summed E-state index contributed by atoms with van der Waals surface area (Å²) in [6.45, 7) is 6.72. The maximum Gasteiger partial charge on any atom is 0.220 e. The second-order valence-corrected chi connectivity index (χ2v) is 6.00. The van der Waals surface area contributed by atoms with Gasteiger partial charge in [0.2, 0.25) is 5.91 Å². The summed E-state index contributed by atoms with van der Waals surface area (Å²) < 4.78 is 4.96. The summed E-state index contributed by atoms with van der Waals surface area (Å²) in [6.07, 6.45) is 2.32. The molecule has 6 heteroatoms. The predicted octanol–water partition coefficient (Wildman–Crippen LogP) is 1.08. The van der Waals surface area contributed by atoms with Crippen LogP contribution in [-0.4, -0.2) is 46.8 Å². The van der Waals surface area contributed by atoms with Crippen molar-refractivity contribution in [3.05, 3.63) is 17.5 Å². The molecule has 1 fully saturated rings. The van der Waals surface area contributed by atoms with Crippen LogP contribution in [0.5, 0.6) is 0 Å². The quantitative estimate of drug-likeness (QED) is 0.821. The number of aryl methyl sites for hydroxylation is 1. The number of carbonyl (C=O) groups is 1. The van der Waals surface area contributed by atoms with E-state index >= 15 is 0 Å². The predicted molar refractivity (Wildman–Crippen MR) is 78.5 cm³/mol. The standard InChI is InChI=1S/C15H25N3O3/c1-11(19)10-18-5-3-13(4-6-18)8-15(20)16-9-14-7-12(2)21-17-14/h7,11,13,19H,3-6,8-10H2,1-2H3,(H,16,20). The molecule has 2 heterocycles. The van der Waals surface area contributed by atoms with Crippen molar-refractivity contribution in [2.45, 2.75) is 45.8 Å². The Bertz CT molecular complexity index is 451. The van der Waals surface area contributed by atoms with E-state index in [1.165, 1.54) is 0 Å². The molecule has 2 N–H and O–H groups in total. The highest BCUT2D eigenvalue weighted by Crippen LogP contribution is 2.20. The third-order valence-corrected chi connectivity index (χ3v) is 3.85. The van der Waals surface area contributed by atoms with Crippen molar-refractivity contribution in [2.75, 3.05) is 19.6 Å². The molecule has 6 nitrogen and oxygen atoms in total. The Hall–Kier alpha value is -1.40. The van der Waals surface area contributed by atoms with E-state index < -0.39 is 0 Å². The Morgan fingerprint density at radius 1 is 1.57 bits per heavy atom. The average molecular weight is 295 g/mol. The van der Waals surface area contributed by atoms with Crippen LogP contribution in [0.3, 0.4) is 0 Å². The summed E-state index contributed by atoms with van der Waals surface area (Å²) >= 11 is 0. The average Bonchev–Trinajstić information content (AvgIpc) is 2.84. The fourth-order valence-electron chi connectivity index (χ4n) is 2.77. The zero-order chi connectivity index (χ0) is 15.2. The Balaban J connectivity index is 1.65. The number of amides is 1. The largest absolute Gasteiger partial charge is 0.392 e. The van der Waals surface area contributed by atoms with Crippen LogP contribution in [0.2, 0.25) is 0 Å². The number of hydrogen-bond acceptors (Lipinski definition) is 5. The molecule has 0 bridgehead atoms. The molecular weight excluding hydrogens is 270 g/mol. The van der Waals surface area contributed by atoms with Crippen molar-refractivity contribution in [3.8, 4) is 0 Å². The number of piperidine rings is 1. The molecule has 118 valence electrons.